The van der Waals surface area contributed by atoms with Gasteiger partial charge in [-0.3, -0.25) is 0 Å². The number of hydrogen-bond acceptors (Lipinski definition) is 5. The van der Waals surface area contributed by atoms with Gasteiger partial charge in [0.2, 0.25) is 0 Å². The summed E-state index contributed by atoms with van der Waals surface area (Å²) in [7, 11) is -2.00. The van der Waals surface area contributed by atoms with Crippen LogP contribution >= 0.6 is 0 Å². The van der Waals surface area contributed by atoms with Crippen molar-refractivity contribution in [3.05, 3.63) is 47.5 Å². The van der Waals surface area contributed by atoms with E-state index >= 15 is 0 Å². The highest BCUT2D eigenvalue weighted by atomic mass is 28.4. The Morgan fingerprint density at radius 3 is 2.52 bits per heavy atom. The van der Waals surface area contributed by atoms with Crippen molar-refractivity contribution in [1.29, 1.82) is 0 Å². The maximum absolute atomic E-state index is 12.2. The number of nitrogens with zero attached hydrogens (tertiary/aromatic N) is 3. The van der Waals surface area contributed by atoms with E-state index in [0.717, 1.165) is 17.8 Å². The van der Waals surface area contributed by atoms with Gasteiger partial charge < -0.3 is 9.16 Å². The number of benzene rings is 1. The molecule has 146 valence electrons. The van der Waals surface area contributed by atoms with E-state index in [9.17, 15) is 4.79 Å². The predicted octanol–water partition coefficient (Wildman–Crippen LogP) is 4.51. The zero-order chi connectivity index (χ0) is 19.8. The molecule has 0 saturated heterocycles. The Morgan fingerprint density at radius 1 is 1.26 bits per heavy atom. The minimum atomic E-state index is -2.00. The summed E-state index contributed by atoms with van der Waals surface area (Å²) in [6.45, 7) is 13.2. The molecule has 1 aromatic heterocycles. The zero-order valence-electron chi connectivity index (χ0n) is 17.0. The van der Waals surface area contributed by atoms with E-state index in [1.54, 1.807) is 6.92 Å². The molecule has 0 amide bonds. The van der Waals surface area contributed by atoms with Crippen LogP contribution in [-0.2, 0) is 9.16 Å². The number of rotatable bonds is 5. The van der Waals surface area contributed by atoms with E-state index < -0.39 is 14.3 Å². The molecule has 2 aromatic rings. The maximum Gasteiger partial charge on any atom is 0.378 e. The topological polar surface area (TPSA) is 66.2 Å². The van der Waals surface area contributed by atoms with Gasteiger partial charge in [0.05, 0.1) is 12.6 Å². The minimum Gasteiger partial charge on any atom is -0.460 e. The largest absolute Gasteiger partial charge is 0.460 e. The second kappa shape index (κ2) is 7.20. The second-order valence-electron chi connectivity index (χ2n) is 8.49. The monoisotopic (exact) mass is 387 g/mol. The highest BCUT2D eigenvalue weighted by molar-refractivity contribution is 6.74. The van der Waals surface area contributed by atoms with Crippen LogP contribution in [0.3, 0.4) is 0 Å². The molecule has 7 heteroatoms. The molecule has 1 aliphatic heterocycles. The number of hydrogen-bond donors (Lipinski definition) is 0. The smallest absolute Gasteiger partial charge is 0.378 e. The molecule has 1 aliphatic rings. The van der Waals surface area contributed by atoms with Gasteiger partial charge in [-0.15, -0.1) is 5.10 Å². The van der Waals surface area contributed by atoms with Crippen molar-refractivity contribution in [2.75, 3.05) is 6.61 Å². The van der Waals surface area contributed by atoms with E-state index in [2.05, 4.69) is 56.1 Å². The molecule has 2 atom stereocenters. The lowest BCUT2D eigenvalue weighted by Crippen LogP contribution is -2.41. The number of esters is 1. The van der Waals surface area contributed by atoms with Gasteiger partial charge in [0.25, 0.3) is 5.82 Å². The second-order valence-corrected chi connectivity index (χ2v) is 13.2. The summed E-state index contributed by atoms with van der Waals surface area (Å²) < 4.78 is 13.6. The number of ether oxygens (including phenoxy) is 1. The van der Waals surface area contributed by atoms with E-state index in [0.29, 0.717) is 6.61 Å². The van der Waals surface area contributed by atoms with Crippen molar-refractivity contribution in [2.24, 2.45) is 0 Å². The number of carbonyl (C=O) groups is 1. The van der Waals surface area contributed by atoms with E-state index in [4.69, 9.17) is 9.16 Å². The SMILES string of the molecule is CCOC(=O)c1nc2n(n1)C(c1ccccc1)C[C@H]2O[Si](C)(C)C(C)(C)C. The first-order valence-corrected chi connectivity index (χ1v) is 12.4. The Bertz CT molecular complexity index is 812. The number of fused-ring (bicyclic) bond motifs is 1. The van der Waals surface area contributed by atoms with Gasteiger partial charge in [0, 0.05) is 6.42 Å². The predicted molar refractivity (Wildman–Crippen MR) is 106 cm³/mol. The van der Waals surface area contributed by atoms with Gasteiger partial charge in [-0.2, -0.15) is 0 Å². The van der Waals surface area contributed by atoms with Gasteiger partial charge in [-0.1, -0.05) is 51.1 Å². The molecule has 0 fully saturated rings. The van der Waals surface area contributed by atoms with Gasteiger partial charge in [-0.05, 0) is 30.6 Å². The standard InChI is InChI=1S/C20H29N3O3Si/c1-7-25-19(24)17-21-18-16(26-27(5,6)20(2,3)4)13-15(23(18)22-17)14-11-9-8-10-12-14/h8-12,15-16H,7,13H2,1-6H3/t15?,16-/m1/s1. The fourth-order valence-electron chi connectivity index (χ4n) is 3.06. The van der Waals surface area contributed by atoms with Crippen LogP contribution in [0.25, 0.3) is 0 Å². The number of carbonyl (C=O) groups excluding carboxylic acids is 1. The summed E-state index contributed by atoms with van der Waals surface area (Å²) >= 11 is 0. The Balaban J connectivity index is 1.98. The molecule has 1 aromatic carbocycles. The third kappa shape index (κ3) is 3.84. The van der Waals surface area contributed by atoms with Crippen LogP contribution in [0.5, 0.6) is 0 Å². The normalized spacial score (nSPS) is 19.8. The van der Waals surface area contributed by atoms with Crippen molar-refractivity contribution >= 4 is 14.3 Å². The van der Waals surface area contributed by atoms with Gasteiger partial charge in [-0.25, -0.2) is 14.5 Å². The van der Waals surface area contributed by atoms with Gasteiger partial charge in [0.15, 0.2) is 14.1 Å². The first kappa shape index (κ1) is 19.8. The first-order chi connectivity index (χ1) is 12.6. The lowest BCUT2D eigenvalue weighted by molar-refractivity contribution is 0.0510. The molecule has 3 rings (SSSR count). The maximum atomic E-state index is 12.2. The molecule has 27 heavy (non-hydrogen) atoms. The Hall–Kier alpha value is -1.99. The molecule has 2 heterocycles. The summed E-state index contributed by atoms with van der Waals surface area (Å²) in [6, 6.07) is 10.2. The summed E-state index contributed by atoms with van der Waals surface area (Å²) in [4.78, 5) is 16.7. The highest BCUT2D eigenvalue weighted by Gasteiger charge is 2.44. The van der Waals surface area contributed by atoms with Crippen LogP contribution in [0, 0.1) is 0 Å². The summed E-state index contributed by atoms with van der Waals surface area (Å²) in [6.07, 6.45) is 0.598. The van der Waals surface area contributed by atoms with Crippen LogP contribution in [0.1, 0.15) is 68.3 Å². The van der Waals surface area contributed by atoms with Crippen molar-refractivity contribution < 1.29 is 14.0 Å². The van der Waals surface area contributed by atoms with Crippen LogP contribution in [0.2, 0.25) is 18.1 Å². The van der Waals surface area contributed by atoms with Crippen molar-refractivity contribution in [3.8, 4) is 0 Å². The molecular formula is C20H29N3O3Si. The molecule has 0 N–H and O–H groups in total. The summed E-state index contributed by atoms with van der Waals surface area (Å²) in [5.41, 5.74) is 1.14. The highest BCUT2D eigenvalue weighted by Crippen LogP contribution is 2.45. The molecule has 0 bridgehead atoms. The third-order valence-corrected chi connectivity index (χ3v) is 10.0. The lowest BCUT2D eigenvalue weighted by Gasteiger charge is -2.38. The third-order valence-electron chi connectivity index (χ3n) is 5.56. The zero-order valence-corrected chi connectivity index (χ0v) is 18.0. The van der Waals surface area contributed by atoms with E-state index in [-0.39, 0.29) is 23.0 Å². The fraction of sp³-hybridized carbons (Fsp3) is 0.550. The van der Waals surface area contributed by atoms with Crippen LogP contribution in [-0.4, -0.2) is 35.7 Å². The average Bonchev–Trinajstić information content (AvgIpc) is 3.15. The molecule has 1 unspecified atom stereocenters. The molecular weight excluding hydrogens is 358 g/mol. The van der Waals surface area contributed by atoms with E-state index in [1.807, 2.05) is 22.9 Å². The molecule has 0 radical (unpaired) electrons. The Morgan fingerprint density at radius 2 is 1.93 bits per heavy atom. The van der Waals surface area contributed by atoms with Crippen molar-refractivity contribution in [2.45, 2.75) is 64.4 Å². The fourth-order valence-corrected chi connectivity index (χ4v) is 4.33. The molecule has 0 saturated carbocycles. The summed E-state index contributed by atoms with van der Waals surface area (Å²) in [5, 5.41) is 4.57. The Labute approximate surface area is 162 Å². The van der Waals surface area contributed by atoms with Crippen molar-refractivity contribution in [3.63, 3.8) is 0 Å². The van der Waals surface area contributed by atoms with Crippen molar-refractivity contribution in [1.82, 2.24) is 14.8 Å². The summed E-state index contributed by atoms with van der Waals surface area (Å²) in [5.74, 6) is 0.338. The average molecular weight is 388 g/mol. The van der Waals surface area contributed by atoms with Gasteiger partial charge in [0.1, 0.15) is 6.10 Å². The minimum absolute atomic E-state index is 0.00615. The quantitative estimate of drug-likeness (QED) is 0.558. The molecule has 0 aliphatic carbocycles. The molecule has 0 spiro atoms. The first-order valence-electron chi connectivity index (χ1n) is 9.50. The number of aromatic nitrogens is 3. The van der Waals surface area contributed by atoms with Gasteiger partial charge >= 0.3 is 5.97 Å². The van der Waals surface area contributed by atoms with E-state index in [1.165, 1.54) is 0 Å². The van der Waals surface area contributed by atoms with Crippen LogP contribution in [0.15, 0.2) is 30.3 Å². The lowest BCUT2D eigenvalue weighted by atomic mass is 10.0. The Kier molecular flexibility index (Phi) is 5.27. The molecule has 6 nitrogen and oxygen atoms in total. The van der Waals surface area contributed by atoms with Crippen LogP contribution in [0.4, 0.5) is 0 Å². The van der Waals surface area contributed by atoms with Crippen LogP contribution < -0.4 is 0 Å².